The first-order chi connectivity index (χ1) is 28.3. The number of methoxy groups -OCH3 is 1. The SMILES string of the molecule is CO[C@H]1/C=C\O[C@@]2(C)Oc3c(C)c(O)c4c(O)c(c(/C=N/OCCN5CCCC5)c(O)c4c3C2=O)NC(=O)/C(C)=C\C=C/[C@H](C)[C@H](O)[C@@H](C)[C@@H](O)[C@@H](C)[C@H](OC(C)=O)[C@@H]1C. The van der Waals surface area contributed by atoms with Crippen molar-refractivity contribution in [2.24, 2.45) is 28.8 Å². The number of allylic oxidation sites excluding steroid dienone is 2. The quantitative estimate of drug-likeness (QED) is 0.0527. The van der Waals surface area contributed by atoms with Crippen LogP contribution in [0.4, 0.5) is 5.69 Å². The molecular weight excluding hydrogens is 778 g/mol. The Hall–Kier alpha value is -5.16. The third kappa shape index (κ3) is 9.26. The van der Waals surface area contributed by atoms with E-state index >= 15 is 0 Å². The lowest BCUT2D eigenvalue weighted by Crippen LogP contribution is -2.46. The van der Waals surface area contributed by atoms with Gasteiger partial charge in [0.1, 0.15) is 30.0 Å². The molecule has 60 heavy (non-hydrogen) atoms. The summed E-state index contributed by atoms with van der Waals surface area (Å²) in [6, 6.07) is 0. The maximum atomic E-state index is 14.4. The average Bonchev–Trinajstić information content (AvgIpc) is 3.83. The van der Waals surface area contributed by atoms with E-state index in [1.165, 1.54) is 53.2 Å². The number of phenols is 3. The summed E-state index contributed by atoms with van der Waals surface area (Å²) in [5.41, 5.74) is -0.561. The lowest BCUT2D eigenvalue weighted by molar-refractivity contribution is -0.160. The molecule has 1 saturated heterocycles. The van der Waals surface area contributed by atoms with Crippen LogP contribution in [0.3, 0.4) is 0 Å². The topological polar surface area (TPSA) is 226 Å². The van der Waals surface area contributed by atoms with E-state index in [4.69, 9.17) is 23.8 Å². The summed E-state index contributed by atoms with van der Waals surface area (Å²) in [7, 11) is 1.43. The second-order valence-corrected chi connectivity index (χ2v) is 16.2. The highest BCUT2D eigenvalue weighted by atomic mass is 16.7. The second-order valence-electron chi connectivity index (χ2n) is 16.2. The van der Waals surface area contributed by atoms with Gasteiger partial charge in [0.15, 0.2) is 5.75 Å². The Morgan fingerprint density at radius 1 is 0.983 bits per heavy atom. The molecule has 0 spiro atoms. The third-order valence-electron chi connectivity index (χ3n) is 12.0. The number of nitrogens with zero attached hydrogens (tertiary/aromatic N) is 2. The van der Waals surface area contributed by atoms with E-state index in [1.54, 1.807) is 39.8 Å². The molecule has 2 aromatic carbocycles. The predicted molar refractivity (Wildman–Crippen MR) is 223 cm³/mol. The number of likely N-dealkylation sites (tertiary alicyclic amines) is 1. The minimum Gasteiger partial charge on any atom is -0.507 e. The third-order valence-corrected chi connectivity index (χ3v) is 12.0. The lowest BCUT2D eigenvalue weighted by Gasteiger charge is -2.38. The molecule has 0 aromatic heterocycles. The summed E-state index contributed by atoms with van der Waals surface area (Å²) in [5, 5.41) is 64.3. The molecule has 2 aromatic rings. The van der Waals surface area contributed by atoms with Crippen molar-refractivity contribution in [3.63, 3.8) is 0 Å². The van der Waals surface area contributed by atoms with Crippen molar-refractivity contribution in [2.45, 2.75) is 98.4 Å². The summed E-state index contributed by atoms with van der Waals surface area (Å²) in [4.78, 5) is 48.2. The maximum Gasteiger partial charge on any atom is 0.312 e. The molecule has 4 aliphatic heterocycles. The van der Waals surface area contributed by atoms with Crippen molar-refractivity contribution in [3.8, 4) is 23.0 Å². The van der Waals surface area contributed by atoms with Crippen molar-refractivity contribution in [2.75, 3.05) is 38.7 Å². The molecule has 16 heteroatoms. The van der Waals surface area contributed by atoms with Gasteiger partial charge in [0.05, 0.1) is 53.0 Å². The number of oxime groups is 1. The molecule has 6 N–H and O–H groups in total. The monoisotopic (exact) mass is 837 g/mol. The number of rotatable bonds is 7. The Labute approximate surface area is 350 Å². The number of aliphatic hydroxyl groups is 2. The number of carbonyl (C=O) groups is 3. The van der Waals surface area contributed by atoms with Crippen molar-refractivity contribution >= 4 is 40.3 Å². The molecule has 4 heterocycles. The van der Waals surface area contributed by atoms with Gasteiger partial charge in [-0.1, -0.05) is 51.1 Å². The number of aliphatic hydroxyl groups excluding tert-OH is 2. The van der Waals surface area contributed by atoms with Gasteiger partial charge >= 0.3 is 11.8 Å². The van der Waals surface area contributed by atoms with Gasteiger partial charge in [-0.3, -0.25) is 19.3 Å². The molecule has 9 atom stereocenters. The lowest BCUT2D eigenvalue weighted by atomic mass is 9.78. The second kappa shape index (κ2) is 19.0. The van der Waals surface area contributed by atoms with Gasteiger partial charge < -0.3 is 54.6 Å². The number of anilines is 1. The molecule has 1 fully saturated rings. The zero-order valence-corrected chi connectivity index (χ0v) is 35.7. The number of benzene rings is 2. The molecule has 0 aliphatic carbocycles. The van der Waals surface area contributed by atoms with E-state index in [0.717, 1.165) is 32.1 Å². The Bertz CT molecular complexity index is 2070. The Morgan fingerprint density at radius 2 is 1.67 bits per heavy atom. The molecule has 5 bridgehead atoms. The molecule has 16 nitrogen and oxygen atoms in total. The van der Waals surface area contributed by atoms with Crippen LogP contribution in [0.25, 0.3) is 10.8 Å². The number of carbonyl (C=O) groups excluding carboxylic acids is 3. The Kier molecular flexibility index (Phi) is 14.6. The summed E-state index contributed by atoms with van der Waals surface area (Å²) in [5.74, 6) is -8.57. The van der Waals surface area contributed by atoms with Crippen molar-refractivity contribution < 1.29 is 63.7 Å². The van der Waals surface area contributed by atoms with E-state index in [9.17, 15) is 39.9 Å². The van der Waals surface area contributed by atoms with Crippen LogP contribution in [0, 0.1) is 30.6 Å². The smallest absolute Gasteiger partial charge is 0.312 e. The summed E-state index contributed by atoms with van der Waals surface area (Å²) in [6.45, 7) is 15.2. The van der Waals surface area contributed by atoms with Gasteiger partial charge in [0, 0.05) is 67.7 Å². The molecule has 1 amide bonds. The number of hydrogen-bond donors (Lipinski definition) is 6. The van der Waals surface area contributed by atoms with E-state index in [-0.39, 0.29) is 51.1 Å². The van der Waals surface area contributed by atoms with E-state index in [0.29, 0.717) is 6.54 Å². The van der Waals surface area contributed by atoms with Gasteiger partial charge in [0.25, 0.3) is 11.7 Å². The largest absolute Gasteiger partial charge is 0.507 e. The number of esters is 1. The van der Waals surface area contributed by atoms with Crippen LogP contribution in [0.5, 0.6) is 23.0 Å². The van der Waals surface area contributed by atoms with Crippen LogP contribution >= 0.6 is 0 Å². The number of hydrogen-bond acceptors (Lipinski definition) is 15. The maximum absolute atomic E-state index is 14.4. The number of aromatic hydroxyl groups is 3. The molecule has 0 saturated carbocycles. The van der Waals surface area contributed by atoms with Crippen LogP contribution in [0.1, 0.15) is 82.8 Å². The highest BCUT2D eigenvalue weighted by Crippen LogP contribution is 2.55. The standard InChI is InChI=1S/C44H59N3O13/c1-22-13-12-14-23(2)43(55)46-34-29(21-45-58-20-18-47-16-10-11-17-47)38(52)31-32(39(34)53)37(51)27(6)41-33(31)42(54)44(8,60-41)57-19-15-30(56-9)24(3)40(59-28(7)48)26(5)36(50)25(4)35(22)49/h12-15,19,21-22,24-26,30,35-36,40,49-53H,10-11,16-18,20H2,1-9H3,(H,46,55)/b13-12-,19-15-,23-14-,45-21+/t22-,24+,25+,26+,30-,35-,36+,40+,44-/m0/s1. The fourth-order valence-electron chi connectivity index (χ4n) is 8.19. The van der Waals surface area contributed by atoms with Crippen molar-refractivity contribution in [1.82, 2.24) is 4.90 Å². The number of ether oxygens (including phenoxy) is 4. The summed E-state index contributed by atoms with van der Waals surface area (Å²) in [6.07, 6.45) is 6.78. The van der Waals surface area contributed by atoms with Gasteiger partial charge in [-0.2, -0.15) is 0 Å². The molecule has 0 radical (unpaired) electrons. The van der Waals surface area contributed by atoms with Crippen molar-refractivity contribution in [3.05, 3.63) is 52.8 Å². The Morgan fingerprint density at radius 3 is 2.32 bits per heavy atom. The molecule has 0 unspecified atom stereocenters. The van der Waals surface area contributed by atoms with Crippen LogP contribution in [-0.2, 0) is 28.6 Å². The predicted octanol–water partition coefficient (Wildman–Crippen LogP) is 5.20. The fourth-order valence-corrected chi connectivity index (χ4v) is 8.19. The van der Waals surface area contributed by atoms with E-state index in [2.05, 4.69) is 15.4 Å². The number of phenolic OH excluding ortho intramolecular Hbond substituents is 3. The number of amides is 1. The minimum atomic E-state index is -2.06. The number of Topliss-reactive ketones (excluding diaryl/α,β-unsaturated/α-hetero) is 1. The van der Waals surface area contributed by atoms with Crippen LogP contribution in [0.15, 0.2) is 41.3 Å². The number of fused-ring (bicyclic) bond motifs is 14. The molecular formula is C44H59N3O13. The molecule has 328 valence electrons. The first kappa shape index (κ1) is 45.9. The Balaban J connectivity index is 1.66. The molecule has 6 rings (SSSR count). The normalized spacial score (nSPS) is 31.4. The van der Waals surface area contributed by atoms with Crippen LogP contribution in [0.2, 0.25) is 0 Å². The summed E-state index contributed by atoms with van der Waals surface area (Å²) < 4.78 is 23.6. The van der Waals surface area contributed by atoms with E-state index < -0.39 is 88.8 Å². The van der Waals surface area contributed by atoms with Gasteiger partial charge in [-0.15, -0.1) is 0 Å². The fraction of sp³-hybridized carbons (Fsp3) is 0.545. The number of ketones is 1. The average molecular weight is 838 g/mol. The highest BCUT2D eigenvalue weighted by Gasteiger charge is 2.50. The number of nitrogens with one attached hydrogen (secondary N) is 1. The van der Waals surface area contributed by atoms with Gasteiger partial charge in [-0.25, -0.2) is 0 Å². The minimum absolute atomic E-state index is 0.0400. The zero-order chi connectivity index (χ0) is 44.2. The first-order valence-corrected chi connectivity index (χ1v) is 20.3. The summed E-state index contributed by atoms with van der Waals surface area (Å²) >= 11 is 0. The van der Waals surface area contributed by atoms with Gasteiger partial charge in [0.2, 0.25) is 0 Å². The van der Waals surface area contributed by atoms with Gasteiger partial charge in [-0.05, 0) is 45.9 Å². The molecule has 4 aliphatic rings. The van der Waals surface area contributed by atoms with Crippen LogP contribution < -0.4 is 10.1 Å². The van der Waals surface area contributed by atoms with Crippen LogP contribution in [-0.4, -0.2) is 118 Å². The highest BCUT2D eigenvalue weighted by molar-refractivity contribution is 6.23. The van der Waals surface area contributed by atoms with Crippen molar-refractivity contribution in [1.29, 1.82) is 0 Å². The van der Waals surface area contributed by atoms with E-state index in [1.807, 2.05) is 0 Å². The zero-order valence-electron chi connectivity index (χ0n) is 35.7. The first-order valence-electron chi connectivity index (χ1n) is 20.3.